The van der Waals surface area contributed by atoms with Crippen molar-refractivity contribution in [3.63, 3.8) is 0 Å². The van der Waals surface area contributed by atoms with Gasteiger partial charge < -0.3 is 4.90 Å². The number of likely N-dealkylation sites (tertiary alicyclic amines) is 1. The summed E-state index contributed by atoms with van der Waals surface area (Å²) in [6, 6.07) is 5.88. The number of aromatic amines is 1. The summed E-state index contributed by atoms with van der Waals surface area (Å²) in [6.07, 6.45) is 3.01. The number of nitrogens with one attached hydrogen (secondary N) is 2. The molecule has 1 aromatic heterocycles. The van der Waals surface area contributed by atoms with E-state index in [1.807, 2.05) is 0 Å². The number of piperidine rings is 1. The molecule has 0 bridgehead atoms. The number of hydrogen-bond acceptors (Lipinski definition) is 4. The topological polar surface area (TPSA) is 91.0 Å². The van der Waals surface area contributed by atoms with Crippen LogP contribution in [0.4, 0.5) is 10.3 Å². The molecule has 0 saturated carbocycles. The summed E-state index contributed by atoms with van der Waals surface area (Å²) in [5.41, 5.74) is 0.759. The highest BCUT2D eigenvalue weighted by Crippen LogP contribution is 2.19. The van der Waals surface area contributed by atoms with Crippen LogP contribution < -0.4 is 5.32 Å². The fourth-order valence-electron chi connectivity index (χ4n) is 2.79. The van der Waals surface area contributed by atoms with Crippen LogP contribution in [0.25, 0.3) is 0 Å². The summed E-state index contributed by atoms with van der Waals surface area (Å²) >= 11 is 0. The van der Waals surface area contributed by atoms with E-state index in [2.05, 4.69) is 20.5 Å². The Kier molecular flexibility index (Phi) is 4.83. The molecule has 8 heteroatoms. The molecule has 2 N–H and O–H groups in total. The molecule has 0 aliphatic carbocycles. The number of hydrogen-bond donors (Lipinski definition) is 2. The highest BCUT2D eigenvalue weighted by Gasteiger charge is 2.28. The van der Waals surface area contributed by atoms with Gasteiger partial charge in [0.2, 0.25) is 17.8 Å². The predicted octanol–water partition coefficient (Wildman–Crippen LogP) is 1.36. The summed E-state index contributed by atoms with van der Waals surface area (Å²) in [6.45, 7) is 1.01. The second kappa shape index (κ2) is 7.20. The lowest BCUT2D eigenvalue weighted by atomic mass is 9.96. The van der Waals surface area contributed by atoms with E-state index >= 15 is 0 Å². The van der Waals surface area contributed by atoms with Gasteiger partial charge in [0.25, 0.3) is 0 Å². The van der Waals surface area contributed by atoms with E-state index in [1.54, 1.807) is 17.0 Å². The van der Waals surface area contributed by atoms with Crippen LogP contribution in [0.5, 0.6) is 0 Å². The van der Waals surface area contributed by atoms with Crippen LogP contribution >= 0.6 is 0 Å². The van der Waals surface area contributed by atoms with Gasteiger partial charge in [-0.1, -0.05) is 12.1 Å². The SMILES string of the molecule is O=C(Nc1ncn[nH]1)[C@@H]1CCCN(C(=O)Cc2ccc(F)cc2)C1. The molecule has 2 amide bonds. The molecule has 0 radical (unpaired) electrons. The molecule has 7 nitrogen and oxygen atoms in total. The standard InChI is InChI=1S/C16H18FN5O2/c17-13-5-3-11(4-6-13)8-14(23)22-7-1-2-12(9-22)15(24)20-16-18-10-19-21-16/h3-6,10,12H,1-2,7-9H2,(H2,18,19,20,21,24)/t12-/m1/s1. The minimum atomic E-state index is -0.326. The van der Waals surface area contributed by atoms with Crippen LogP contribution in [0.1, 0.15) is 18.4 Å². The van der Waals surface area contributed by atoms with Gasteiger partial charge in [-0.2, -0.15) is 10.1 Å². The van der Waals surface area contributed by atoms with Crippen molar-refractivity contribution in [3.8, 4) is 0 Å². The molecule has 1 aliphatic rings. The van der Waals surface area contributed by atoms with Crippen molar-refractivity contribution in [1.29, 1.82) is 0 Å². The van der Waals surface area contributed by atoms with E-state index in [4.69, 9.17) is 0 Å². The first-order valence-electron chi connectivity index (χ1n) is 7.80. The van der Waals surface area contributed by atoms with Crippen LogP contribution in [0, 0.1) is 11.7 Å². The molecule has 1 saturated heterocycles. The lowest BCUT2D eigenvalue weighted by molar-refractivity contribution is -0.133. The van der Waals surface area contributed by atoms with Crippen molar-refractivity contribution in [1.82, 2.24) is 20.1 Å². The molecule has 3 rings (SSSR count). The lowest BCUT2D eigenvalue weighted by Gasteiger charge is -2.32. The number of amides is 2. The van der Waals surface area contributed by atoms with Gasteiger partial charge in [0.15, 0.2) is 0 Å². The highest BCUT2D eigenvalue weighted by molar-refractivity contribution is 5.91. The minimum absolute atomic E-state index is 0.0567. The summed E-state index contributed by atoms with van der Waals surface area (Å²) in [7, 11) is 0. The van der Waals surface area contributed by atoms with Crippen LogP contribution in [0.15, 0.2) is 30.6 Å². The molecule has 1 aliphatic heterocycles. The van der Waals surface area contributed by atoms with E-state index in [1.165, 1.54) is 18.5 Å². The third-order valence-corrected chi connectivity index (χ3v) is 4.07. The zero-order valence-electron chi connectivity index (χ0n) is 13.0. The Morgan fingerprint density at radius 2 is 2.12 bits per heavy atom. The Balaban J connectivity index is 1.57. The number of carbonyl (C=O) groups is 2. The molecule has 1 fully saturated rings. The van der Waals surface area contributed by atoms with Crippen molar-refractivity contribution in [3.05, 3.63) is 42.0 Å². The molecule has 0 unspecified atom stereocenters. The molecular formula is C16H18FN5O2. The van der Waals surface area contributed by atoms with E-state index in [0.29, 0.717) is 19.0 Å². The predicted molar refractivity (Wildman–Crippen MR) is 84.4 cm³/mol. The first kappa shape index (κ1) is 16.1. The van der Waals surface area contributed by atoms with E-state index < -0.39 is 0 Å². The normalized spacial score (nSPS) is 17.5. The third kappa shape index (κ3) is 3.95. The monoisotopic (exact) mass is 331 g/mol. The lowest BCUT2D eigenvalue weighted by Crippen LogP contribution is -2.44. The number of benzene rings is 1. The molecule has 0 spiro atoms. The van der Waals surface area contributed by atoms with Crippen LogP contribution in [-0.2, 0) is 16.0 Å². The van der Waals surface area contributed by atoms with Gasteiger partial charge in [-0.25, -0.2) is 9.49 Å². The van der Waals surface area contributed by atoms with Crippen molar-refractivity contribution < 1.29 is 14.0 Å². The van der Waals surface area contributed by atoms with E-state index in [0.717, 1.165) is 18.4 Å². The average molecular weight is 331 g/mol. The van der Waals surface area contributed by atoms with Gasteiger partial charge in [-0.15, -0.1) is 0 Å². The third-order valence-electron chi connectivity index (χ3n) is 4.07. The Bertz CT molecular complexity index is 702. The smallest absolute Gasteiger partial charge is 0.231 e. The number of anilines is 1. The Hall–Kier alpha value is -2.77. The second-order valence-electron chi connectivity index (χ2n) is 5.81. The van der Waals surface area contributed by atoms with Crippen LogP contribution in [0.2, 0.25) is 0 Å². The molecule has 1 atom stereocenters. The largest absolute Gasteiger partial charge is 0.342 e. The maximum Gasteiger partial charge on any atom is 0.231 e. The summed E-state index contributed by atoms with van der Waals surface area (Å²) < 4.78 is 12.9. The summed E-state index contributed by atoms with van der Waals surface area (Å²) in [5, 5.41) is 8.91. The quantitative estimate of drug-likeness (QED) is 0.885. The first-order chi connectivity index (χ1) is 11.6. The first-order valence-corrected chi connectivity index (χ1v) is 7.80. The van der Waals surface area contributed by atoms with Crippen LogP contribution in [0.3, 0.4) is 0 Å². The van der Waals surface area contributed by atoms with Crippen molar-refractivity contribution >= 4 is 17.8 Å². The van der Waals surface area contributed by atoms with E-state index in [-0.39, 0.29) is 30.0 Å². The molecular weight excluding hydrogens is 313 g/mol. The van der Waals surface area contributed by atoms with Gasteiger partial charge >= 0.3 is 0 Å². The van der Waals surface area contributed by atoms with Gasteiger partial charge in [-0.3, -0.25) is 14.9 Å². The Morgan fingerprint density at radius 1 is 1.33 bits per heavy atom. The van der Waals surface area contributed by atoms with Crippen LogP contribution in [-0.4, -0.2) is 45.0 Å². The van der Waals surface area contributed by atoms with Gasteiger partial charge in [0.1, 0.15) is 12.1 Å². The fraction of sp³-hybridized carbons (Fsp3) is 0.375. The molecule has 2 heterocycles. The number of nitrogens with zero attached hydrogens (tertiary/aromatic N) is 3. The maximum absolute atomic E-state index is 12.9. The number of H-pyrrole nitrogens is 1. The minimum Gasteiger partial charge on any atom is -0.342 e. The van der Waals surface area contributed by atoms with Crippen molar-refractivity contribution in [2.75, 3.05) is 18.4 Å². The van der Waals surface area contributed by atoms with Crippen molar-refractivity contribution in [2.24, 2.45) is 5.92 Å². The highest BCUT2D eigenvalue weighted by atomic mass is 19.1. The summed E-state index contributed by atoms with van der Waals surface area (Å²) in [5.74, 6) is -0.533. The van der Waals surface area contributed by atoms with Gasteiger partial charge in [0, 0.05) is 13.1 Å². The molecule has 126 valence electrons. The number of halogens is 1. The Labute approximate surface area is 138 Å². The zero-order valence-corrected chi connectivity index (χ0v) is 13.0. The molecule has 24 heavy (non-hydrogen) atoms. The average Bonchev–Trinajstić information content (AvgIpc) is 3.10. The number of aromatic nitrogens is 3. The second-order valence-corrected chi connectivity index (χ2v) is 5.81. The summed E-state index contributed by atoms with van der Waals surface area (Å²) in [4.78, 5) is 30.2. The number of rotatable bonds is 4. The van der Waals surface area contributed by atoms with Crippen molar-refractivity contribution in [2.45, 2.75) is 19.3 Å². The zero-order chi connectivity index (χ0) is 16.9. The number of carbonyl (C=O) groups excluding carboxylic acids is 2. The van der Waals surface area contributed by atoms with Gasteiger partial charge in [-0.05, 0) is 30.5 Å². The van der Waals surface area contributed by atoms with Gasteiger partial charge in [0.05, 0.1) is 12.3 Å². The Morgan fingerprint density at radius 3 is 2.83 bits per heavy atom. The molecule has 1 aromatic carbocycles. The maximum atomic E-state index is 12.9. The molecule has 2 aromatic rings. The van der Waals surface area contributed by atoms with E-state index in [9.17, 15) is 14.0 Å². The fourth-order valence-corrected chi connectivity index (χ4v) is 2.79.